The Morgan fingerprint density at radius 3 is 2.47 bits per heavy atom. The third-order valence-electron chi connectivity index (χ3n) is 5.23. The van der Waals surface area contributed by atoms with Gasteiger partial charge in [0.2, 0.25) is 0 Å². The van der Waals surface area contributed by atoms with Gasteiger partial charge in [0.15, 0.2) is 11.5 Å². The van der Waals surface area contributed by atoms with Crippen molar-refractivity contribution in [2.75, 3.05) is 13.7 Å². The summed E-state index contributed by atoms with van der Waals surface area (Å²) >= 11 is 0. The lowest BCUT2D eigenvalue weighted by Crippen LogP contribution is -2.26. The van der Waals surface area contributed by atoms with Gasteiger partial charge < -0.3 is 25.3 Å². The van der Waals surface area contributed by atoms with Crippen molar-refractivity contribution < 1.29 is 23.8 Å². The molecule has 0 aromatic heterocycles. The second-order valence-corrected chi connectivity index (χ2v) is 7.80. The molecule has 3 aromatic carbocycles. The minimum absolute atomic E-state index is 0.192. The summed E-state index contributed by atoms with van der Waals surface area (Å²) in [6.07, 6.45) is 0.902. The highest BCUT2D eigenvalue weighted by molar-refractivity contribution is 5.95. The number of primary amides is 1. The van der Waals surface area contributed by atoms with Gasteiger partial charge in [-0.1, -0.05) is 37.3 Å². The first-order valence-corrected chi connectivity index (χ1v) is 11.1. The standard InChI is InChI=1S/C27H30N2O5/c1-4-14-33-24-13-12-20(16-25(24)32-3)18(2)29-27(31)21-9-7-8-19(15-21)17-34-23-11-6-5-10-22(23)26(28)30/h5-13,15-16,18H,4,14,17H2,1-3H3,(H2,28,30)(H,29,31). The van der Waals surface area contributed by atoms with Crippen LogP contribution in [0.3, 0.4) is 0 Å². The third-order valence-corrected chi connectivity index (χ3v) is 5.23. The maximum atomic E-state index is 12.9. The normalized spacial score (nSPS) is 11.4. The summed E-state index contributed by atoms with van der Waals surface area (Å²) in [6.45, 7) is 4.75. The molecule has 2 amide bonds. The third kappa shape index (κ3) is 6.28. The summed E-state index contributed by atoms with van der Waals surface area (Å²) in [7, 11) is 1.59. The van der Waals surface area contributed by atoms with Crippen molar-refractivity contribution >= 4 is 11.8 Å². The first kappa shape index (κ1) is 24.6. The number of nitrogens with one attached hydrogen (secondary N) is 1. The molecule has 0 bridgehead atoms. The fraction of sp³-hybridized carbons (Fsp3) is 0.259. The molecule has 0 spiro atoms. The molecular formula is C27H30N2O5. The van der Waals surface area contributed by atoms with E-state index in [1.54, 1.807) is 49.6 Å². The predicted molar refractivity (Wildman–Crippen MR) is 130 cm³/mol. The number of rotatable bonds is 11. The van der Waals surface area contributed by atoms with E-state index < -0.39 is 5.91 Å². The van der Waals surface area contributed by atoms with E-state index in [1.165, 1.54) is 0 Å². The summed E-state index contributed by atoms with van der Waals surface area (Å²) in [6, 6.07) is 19.3. The summed E-state index contributed by atoms with van der Waals surface area (Å²) in [5, 5.41) is 3.01. The number of carbonyl (C=O) groups is 2. The van der Waals surface area contributed by atoms with Crippen LogP contribution in [0, 0.1) is 0 Å². The molecule has 178 valence electrons. The number of methoxy groups -OCH3 is 1. The molecule has 3 N–H and O–H groups in total. The Balaban J connectivity index is 1.66. The number of hydrogen-bond donors (Lipinski definition) is 2. The number of nitrogens with two attached hydrogens (primary N) is 1. The zero-order valence-electron chi connectivity index (χ0n) is 19.7. The minimum atomic E-state index is -0.556. The molecule has 3 aromatic rings. The van der Waals surface area contributed by atoms with E-state index in [-0.39, 0.29) is 18.6 Å². The summed E-state index contributed by atoms with van der Waals surface area (Å²) < 4.78 is 16.9. The van der Waals surface area contributed by atoms with E-state index in [9.17, 15) is 9.59 Å². The van der Waals surface area contributed by atoms with Crippen molar-refractivity contribution in [3.05, 3.63) is 89.0 Å². The van der Waals surface area contributed by atoms with Crippen molar-refractivity contribution in [3.8, 4) is 17.2 Å². The van der Waals surface area contributed by atoms with Crippen LogP contribution in [0.4, 0.5) is 0 Å². The quantitative estimate of drug-likeness (QED) is 0.432. The molecule has 7 heteroatoms. The Morgan fingerprint density at radius 2 is 1.74 bits per heavy atom. The van der Waals surface area contributed by atoms with Gasteiger partial charge >= 0.3 is 0 Å². The van der Waals surface area contributed by atoms with Crippen molar-refractivity contribution in [1.29, 1.82) is 0 Å². The summed E-state index contributed by atoms with van der Waals surface area (Å²) in [5.41, 5.74) is 7.91. The van der Waals surface area contributed by atoms with E-state index in [4.69, 9.17) is 19.9 Å². The second kappa shape index (κ2) is 11.7. The van der Waals surface area contributed by atoms with Crippen LogP contribution >= 0.6 is 0 Å². The number of benzene rings is 3. The van der Waals surface area contributed by atoms with Gasteiger partial charge in [0.1, 0.15) is 12.4 Å². The number of ether oxygens (including phenoxy) is 3. The van der Waals surface area contributed by atoms with Crippen molar-refractivity contribution in [2.24, 2.45) is 5.73 Å². The highest BCUT2D eigenvalue weighted by atomic mass is 16.5. The lowest BCUT2D eigenvalue weighted by Gasteiger charge is -2.17. The lowest BCUT2D eigenvalue weighted by molar-refractivity contribution is 0.0938. The van der Waals surface area contributed by atoms with Crippen molar-refractivity contribution in [3.63, 3.8) is 0 Å². The maximum absolute atomic E-state index is 12.9. The van der Waals surface area contributed by atoms with Crippen LogP contribution in [0.25, 0.3) is 0 Å². The predicted octanol–water partition coefficient (Wildman–Crippen LogP) is 4.65. The lowest BCUT2D eigenvalue weighted by atomic mass is 10.1. The van der Waals surface area contributed by atoms with Crippen LogP contribution in [0.1, 0.15) is 58.2 Å². The zero-order valence-corrected chi connectivity index (χ0v) is 19.7. The second-order valence-electron chi connectivity index (χ2n) is 7.80. The van der Waals surface area contributed by atoms with Crippen LogP contribution < -0.4 is 25.3 Å². The average molecular weight is 463 g/mol. The fourth-order valence-electron chi connectivity index (χ4n) is 3.41. The van der Waals surface area contributed by atoms with Crippen molar-refractivity contribution in [2.45, 2.75) is 32.9 Å². The molecule has 1 atom stereocenters. The van der Waals surface area contributed by atoms with Gasteiger partial charge in [0, 0.05) is 5.56 Å². The average Bonchev–Trinajstić information content (AvgIpc) is 2.86. The zero-order chi connectivity index (χ0) is 24.5. The van der Waals surface area contributed by atoms with Gasteiger partial charge in [0.25, 0.3) is 11.8 Å². The van der Waals surface area contributed by atoms with Crippen molar-refractivity contribution in [1.82, 2.24) is 5.32 Å². The van der Waals surface area contributed by atoms with E-state index in [0.717, 1.165) is 17.5 Å². The molecule has 1 unspecified atom stereocenters. The van der Waals surface area contributed by atoms with E-state index >= 15 is 0 Å². The number of carbonyl (C=O) groups excluding carboxylic acids is 2. The smallest absolute Gasteiger partial charge is 0.252 e. The van der Waals surface area contributed by atoms with Crippen LogP contribution in [0.5, 0.6) is 17.2 Å². The molecule has 3 rings (SSSR count). The van der Waals surface area contributed by atoms with Gasteiger partial charge in [-0.15, -0.1) is 0 Å². The number of amides is 2. The van der Waals surface area contributed by atoms with Gasteiger partial charge in [-0.25, -0.2) is 0 Å². The molecule has 0 radical (unpaired) electrons. The summed E-state index contributed by atoms with van der Waals surface area (Å²) in [5.74, 6) is 0.940. The topological polar surface area (TPSA) is 99.9 Å². The van der Waals surface area contributed by atoms with Crippen LogP contribution in [0.2, 0.25) is 0 Å². The molecule has 0 heterocycles. The molecule has 7 nitrogen and oxygen atoms in total. The number of para-hydroxylation sites is 1. The molecular weight excluding hydrogens is 432 g/mol. The molecule has 0 aliphatic heterocycles. The van der Waals surface area contributed by atoms with Gasteiger partial charge in [-0.2, -0.15) is 0 Å². The van der Waals surface area contributed by atoms with E-state index in [0.29, 0.717) is 35.0 Å². The highest BCUT2D eigenvalue weighted by Gasteiger charge is 2.15. The molecule has 0 saturated heterocycles. The SMILES string of the molecule is CCCOc1ccc(C(C)NC(=O)c2cccc(COc3ccccc3C(N)=O)c2)cc1OC. The Kier molecular flexibility index (Phi) is 8.51. The fourth-order valence-corrected chi connectivity index (χ4v) is 3.41. The Labute approximate surface area is 199 Å². The minimum Gasteiger partial charge on any atom is -0.493 e. The maximum Gasteiger partial charge on any atom is 0.252 e. The van der Waals surface area contributed by atoms with Gasteiger partial charge in [-0.05, 0) is 60.9 Å². The summed E-state index contributed by atoms with van der Waals surface area (Å²) in [4.78, 5) is 24.5. The molecule has 0 aliphatic rings. The Hall–Kier alpha value is -4.00. The Bertz CT molecular complexity index is 1150. The largest absolute Gasteiger partial charge is 0.493 e. The molecule has 0 fully saturated rings. The number of hydrogen-bond acceptors (Lipinski definition) is 5. The monoisotopic (exact) mass is 462 g/mol. The van der Waals surface area contributed by atoms with E-state index in [2.05, 4.69) is 5.32 Å². The van der Waals surface area contributed by atoms with E-state index in [1.807, 2.05) is 38.1 Å². The molecule has 0 saturated carbocycles. The highest BCUT2D eigenvalue weighted by Crippen LogP contribution is 2.30. The van der Waals surface area contributed by atoms with Crippen LogP contribution in [-0.2, 0) is 6.61 Å². The molecule has 34 heavy (non-hydrogen) atoms. The first-order chi connectivity index (χ1) is 16.4. The molecule has 0 aliphatic carbocycles. The van der Waals surface area contributed by atoms with Crippen LogP contribution in [0.15, 0.2) is 66.7 Å². The van der Waals surface area contributed by atoms with Gasteiger partial charge in [0.05, 0.1) is 25.3 Å². The Morgan fingerprint density at radius 1 is 0.941 bits per heavy atom. The first-order valence-electron chi connectivity index (χ1n) is 11.1. The van der Waals surface area contributed by atoms with Crippen LogP contribution in [-0.4, -0.2) is 25.5 Å². The van der Waals surface area contributed by atoms with Gasteiger partial charge in [-0.3, -0.25) is 9.59 Å².